The van der Waals surface area contributed by atoms with Crippen molar-refractivity contribution in [1.29, 1.82) is 0 Å². The van der Waals surface area contributed by atoms with Crippen LogP contribution in [0.2, 0.25) is 5.02 Å². The third-order valence-corrected chi connectivity index (χ3v) is 5.81. The molecule has 0 bridgehead atoms. The van der Waals surface area contributed by atoms with Crippen molar-refractivity contribution in [2.75, 3.05) is 33.4 Å². The van der Waals surface area contributed by atoms with Crippen LogP contribution in [-0.4, -0.2) is 52.2 Å². The Hall–Kier alpha value is -0.660. The molecule has 0 saturated carbocycles. The summed E-state index contributed by atoms with van der Waals surface area (Å²) in [6, 6.07) is 6.39. The largest absolute Gasteiger partial charge is 0.385 e. The van der Waals surface area contributed by atoms with E-state index in [1.807, 2.05) is 0 Å². The Labute approximate surface area is 137 Å². The number of benzene rings is 1. The summed E-state index contributed by atoms with van der Waals surface area (Å²) in [4.78, 5) is 0.250. The minimum absolute atomic E-state index is 0.127. The normalized spacial score (nSPS) is 17.7. The number of ether oxygens (including phenoxy) is 2. The zero-order chi connectivity index (χ0) is 16.0. The summed E-state index contributed by atoms with van der Waals surface area (Å²) in [5, 5.41) is 0.428. The van der Waals surface area contributed by atoms with E-state index in [1.165, 1.54) is 10.4 Å². The average Bonchev–Trinajstić information content (AvgIpc) is 2.52. The van der Waals surface area contributed by atoms with E-state index in [9.17, 15) is 8.42 Å². The maximum Gasteiger partial charge on any atom is 0.243 e. The number of methoxy groups -OCH3 is 1. The van der Waals surface area contributed by atoms with E-state index in [0.717, 1.165) is 6.42 Å². The molecule has 1 fully saturated rings. The van der Waals surface area contributed by atoms with Crippen LogP contribution >= 0.6 is 11.6 Å². The molecule has 0 unspecified atom stereocenters. The number of halogens is 1. The van der Waals surface area contributed by atoms with Gasteiger partial charge in [-0.05, 0) is 37.5 Å². The molecular formula is C15H22ClNO4S. The molecule has 124 valence electrons. The second-order valence-corrected chi connectivity index (χ2v) is 7.65. The molecule has 1 aliphatic rings. The van der Waals surface area contributed by atoms with E-state index in [0.29, 0.717) is 44.2 Å². The summed E-state index contributed by atoms with van der Waals surface area (Å²) >= 11 is 5.88. The SMILES string of the molecule is COCCCOC1CCN(S(=O)(=O)c2cccc(Cl)c2)CC1. The summed E-state index contributed by atoms with van der Waals surface area (Å²) < 4.78 is 37.3. The summed E-state index contributed by atoms with van der Waals surface area (Å²) in [5.74, 6) is 0. The first-order chi connectivity index (χ1) is 10.5. The van der Waals surface area contributed by atoms with Crippen LogP contribution in [0.4, 0.5) is 0 Å². The van der Waals surface area contributed by atoms with Gasteiger partial charge in [-0.15, -0.1) is 0 Å². The summed E-state index contributed by atoms with van der Waals surface area (Å²) in [6.07, 6.45) is 2.42. The molecule has 1 aliphatic heterocycles. The summed E-state index contributed by atoms with van der Waals surface area (Å²) in [7, 11) is -1.80. The number of nitrogens with zero attached hydrogens (tertiary/aromatic N) is 1. The molecule has 1 aromatic rings. The lowest BCUT2D eigenvalue weighted by atomic mass is 10.1. The molecule has 0 aliphatic carbocycles. The fourth-order valence-corrected chi connectivity index (χ4v) is 4.24. The van der Waals surface area contributed by atoms with Gasteiger partial charge in [-0.25, -0.2) is 8.42 Å². The third-order valence-electron chi connectivity index (χ3n) is 3.68. The van der Waals surface area contributed by atoms with Crippen LogP contribution in [0.1, 0.15) is 19.3 Å². The Morgan fingerprint density at radius 3 is 2.64 bits per heavy atom. The lowest BCUT2D eigenvalue weighted by Crippen LogP contribution is -2.40. The maximum absolute atomic E-state index is 12.6. The van der Waals surface area contributed by atoms with Gasteiger partial charge < -0.3 is 9.47 Å². The Morgan fingerprint density at radius 1 is 1.27 bits per heavy atom. The fraction of sp³-hybridized carbons (Fsp3) is 0.600. The molecule has 1 heterocycles. The van der Waals surface area contributed by atoms with E-state index in [-0.39, 0.29) is 11.0 Å². The molecular weight excluding hydrogens is 326 g/mol. The van der Waals surface area contributed by atoms with E-state index in [2.05, 4.69) is 0 Å². The van der Waals surface area contributed by atoms with Crippen molar-refractivity contribution in [3.05, 3.63) is 29.3 Å². The monoisotopic (exact) mass is 347 g/mol. The average molecular weight is 348 g/mol. The maximum atomic E-state index is 12.6. The molecule has 5 nitrogen and oxygen atoms in total. The van der Waals surface area contributed by atoms with Crippen molar-refractivity contribution in [2.24, 2.45) is 0 Å². The smallest absolute Gasteiger partial charge is 0.243 e. The summed E-state index contributed by atoms with van der Waals surface area (Å²) in [5.41, 5.74) is 0. The van der Waals surface area contributed by atoms with Gasteiger partial charge in [0.15, 0.2) is 0 Å². The zero-order valence-electron chi connectivity index (χ0n) is 12.7. The van der Waals surface area contributed by atoms with Gasteiger partial charge in [-0.1, -0.05) is 17.7 Å². The topological polar surface area (TPSA) is 55.8 Å². The van der Waals surface area contributed by atoms with Crippen molar-refractivity contribution in [1.82, 2.24) is 4.31 Å². The highest BCUT2D eigenvalue weighted by molar-refractivity contribution is 7.89. The molecule has 1 saturated heterocycles. The van der Waals surface area contributed by atoms with Gasteiger partial charge in [-0.2, -0.15) is 4.31 Å². The Kier molecular flexibility index (Phi) is 6.65. The molecule has 7 heteroatoms. The molecule has 0 spiro atoms. The van der Waals surface area contributed by atoms with Crippen LogP contribution in [0.5, 0.6) is 0 Å². The standard InChI is InChI=1S/C15H22ClNO4S/c1-20-10-3-11-21-14-6-8-17(9-7-14)22(18,19)15-5-2-4-13(16)12-15/h2,4-5,12,14H,3,6-11H2,1H3. The van der Waals surface area contributed by atoms with Gasteiger partial charge in [0, 0.05) is 38.4 Å². The highest BCUT2D eigenvalue weighted by Gasteiger charge is 2.29. The van der Waals surface area contributed by atoms with E-state index in [1.54, 1.807) is 25.3 Å². The van der Waals surface area contributed by atoms with Crippen molar-refractivity contribution in [3.63, 3.8) is 0 Å². The highest BCUT2D eigenvalue weighted by atomic mass is 35.5. The quantitative estimate of drug-likeness (QED) is 0.711. The molecule has 0 amide bonds. The molecule has 0 aromatic heterocycles. The van der Waals surface area contributed by atoms with Gasteiger partial charge in [0.05, 0.1) is 11.0 Å². The first-order valence-corrected chi connectivity index (χ1v) is 9.22. The van der Waals surface area contributed by atoms with Gasteiger partial charge in [0.25, 0.3) is 0 Å². The second-order valence-electron chi connectivity index (χ2n) is 5.28. The molecule has 1 aromatic carbocycles. The summed E-state index contributed by atoms with van der Waals surface area (Å²) in [6.45, 7) is 2.29. The number of hydrogen-bond donors (Lipinski definition) is 0. The van der Waals surface area contributed by atoms with Crippen molar-refractivity contribution in [3.8, 4) is 0 Å². The van der Waals surface area contributed by atoms with Gasteiger partial charge in [0.2, 0.25) is 10.0 Å². The number of hydrogen-bond acceptors (Lipinski definition) is 4. The second kappa shape index (κ2) is 8.26. The van der Waals surface area contributed by atoms with E-state index >= 15 is 0 Å². The molecule has 0 N–H and O–H groups in total. The third kappa shape index (κ3) is 4.67. The fourth-order valence-electron chi connectivity index (χ4n) is 2.47. The Balaban J connectivity index is 1.88. The minimum atomic E-state index is -3.46. The van der Waals surface area contributed by atoms with Crippen molar-refractivity contribution < 1.29 is 17.9 Å². The lowest BCUT2D eigenvalue weighted by molar-refractivity contribution is 0.0121. The predicted molar refractivity (Wildman–Crippen MR) is 85.7 cm³/mol. The molecule has 22 heavy (non-hydrogen) atoms. The number of rotatable bonds is 7. The van der Waals surface area contributed by atoms with Crippen molar-refractivity contribution >= 4 is 21.6 Å². The zero-order valence-corrected chi connectivity index (χ0v) is 14.3. The van der Waals surface area contributed by atoms with Crippen LogP contribution in [0, 0.1) is 0 Å². The first kappa shape index (κ1) is 17.7. The van der Waals surface area contributed by atoms with Crippen LogP contribution in [-0.2, 0) is 19.5 Å². The molecule has 2 rings (SSSR count). The predicted octanol–water partition coefficient (Wildman–Crippen LogP) is 2.55. The highest BCUT2D eigenvalue weighted by Crippen LogP contribution is 2.23. The van der Waals surface area contributed by atoms with Crippen LogP contribution in [0.3, 0.4) is 0 Å². The molecule has 0 atom stereocenters. The van der Waals surface area contributed by atoms with Crippen LogP contribution in [0.25, 0.3) is 0 Å². The van der Waals surface area contributed by atoms with Gasteiger partial charge >= 0.3 is 0 Å². The minimum Gasteiger partial charge on any atom is -0.385 e. The Bertz CT molecular complexity index is 571. The van der Waals surface area contributed by atoms with Crippen LogP contribution in [0.15, 0.2) is 29.2 Å². The number of sulfonamides is 1. The Morgan fingerprint density at radius 2 is 2.00 bits per heavy atom. The molecule has 0 radical (unpaired) electrons. The van der Waals surface area contributed by atoms with E-state index < -0.39 is 10.0 Å². The van der Waals surface area contributed by atoms with Gasteiger partial charge in [0.1, 0.15) is 0 Å². The van der Waals surface area contributed by atoms with Crippen LogP contribution < -0.4 is 0 Å². The lowest BCUT2D eigenvalue weighted by Gasteiger charge is -2.31. The van der Waals surface area contributed by atoms with Gasteiger partial charge in [-0.3, -0.25) is 0 Å². The van der Waals surface area contributed by atoms with E-state index in [4.69, 9.17) is 21.1 Å². The first-order valence-electron chi connectivity index (χ1n) is 7.40. The van der Waals surface area contributed by atoms with Crippen molar-refractivity contribution in [2.45, 2.75) is 30.3 Å². The number of piperidine rings is 1.